The van der Waals surface area contributed by atoms with E-state index in [2.05, 4.69) is 41.2 Å². The molecule has 4 nitrogen and oxygen atoms in total. The fraction of sp³-hybridized carbons (Fsp3) is 1.00. The minimum absolute atomic E-state index is 1.10. The molecule has 0 aromatic heterocycles. The van der Waals surface area contributed by atoms with Crippen molar-refractivity contribution in [2.45, 2.75) is 6.42 Å². The molecule has 4 heteroatoms. The second-order valence-electron chi connectivity index (χ2n) is 5.05. The first-order chi connectivity index (χ1) is 7.68. The van der Waals surface area contributed by atoms with E-state index in [1.54, 1.807) is 0 Å². The number of nitrogens with one attached hydrogen (secondary N) is 1. The van der Waals surface area contributed by atoms with Gasteiger partial charge in [0.25, 0.3) is 0 Å². The van der Waals surface area contributed by atoms with Gasteiger partial charge in [0.1, 0.15) is 0 Å². The molecule has 0 aliphatic carbocycles. The lowest BCUT2D eigenvalue weighted by atomic mass is 10.4. The Kier molecular flexibility index (Phi) is 6.96. The summed E-state index contributed by atoms with van der Waals surface area (Å²) in [6.07, 6.45) is 1.31. The quantitative estimate of drug-likeness (QED) is 0.634. The van der Waals surface area contributed by atoms with E-state index in [-0.39, 0.29) is 0 Å². The van der Waals surface area contributed by atoms with Crippen LogP contribution in [0.15, 0.2) is 0 Å². The molecule has 0 radical (unpaired) electrons. The van der Waals surface area contributed by atoms with Crippen LogP contribution in [0, 0.1) is 0 Å². The van der Waals surface area contributed by atoms with Crippen molar-refractivity contribution in [1.29, 1.82) is 0 Å². The van der Waals surface area contributed by atoms with Crippen LogP contribution in [0.1, 0.15) is 6.42 Å². The van der Waals surface area contributed by atoms with Gasteiger partial charge >= 0.3 is 0 Å². The van der Waals surface area contributed by atoms with E-state index in [1.165, 1.54) is 39.1 Å². The lowest BCUT2D eigenvalue weighted by Gasteiger charge is -2.20. The summed E-state index contributed by atoms with van der Waals surface area (Å²) in [5.74, 6) is 0. The van der Waals surface area contributed by atoms with Crippen molar-refractivity contribution in [2.75, 3.05) is 73.5 Å². The molecule has 1 heterocycles. The standard InChI is InChI=1S/C12H28N4/c1-14(2)9-5-13-6-10-16-8-4-7-15(3)11-12-16/h13H,4-12H2,1-3H3. The van der Waals surface area contributed by atoms with E-state index >= 15 is 0 Å². The Balaban J connectivity index is 1.99. The number of hydrogen-bond acceptors (Lipinski definition) is 4. The molecular weight excluding hydrogens is 200 g/mol. The molecule has 0 aromatic rings. The maximum atomic E-state index is 3.50. The van der Waals surface area contributed by atoms with Crippen LogP contribution in [-0.4, -0.2) is 88.2 Å². The summed E-state index contributed by atoms with van der Waals surface area (Å²) in [7, 11) is 6.46. The Morgan fingerprint density at radius 3 is 2.62 bits per heavy atom. The molecule has 0 saturated carbocycles. The van der Waals surface area contributed by atoms with Gasteiger partial charge in [-0.05, 0) is 40.7 Å². The van der Waals surface area contributed by atoms with Gasteiger partial charge in [-0.2, -0.15) is 0 Å². The summed E-state index contributed by atoms with van der Waals surface area (Å²) >= 11 is 0. The van der Waals surface area contributed by atoms with Crippen LogP contribution in [-0.2, 0) is 0 Å². The normalized spacial score (nSPS) is 20.2. The highest BCUT2D eigenvalue weighted by molar-refractivity contribution is 4.68. The van der Waals surface area contributed by atoms with Crippen LogP contribution < -0.4 is 5.32 Å². The first-order valence-electron chi connectivity index (χ1n) is 6.45. The van der Waals surface area contributed by atoms with Gasteiger partial charge in [-0.1, -0.05) is 0 Å². The van der Waals surface area contributed by atoms with Crippen molar-refractivity contribution in [2.24, 2.45) is 0 Å². The van der Waals surface area contributed by atoms with Gasteiger partial charge in [-0.3, -0.25) is 0 Å². The second-order valence-corrected chi connectivity index (χ2v) is 5.05. The predicted octanol–water partition coefficient (Wildman–Crippen LogP) is -0.225. The summed E-state index contributed by atoms with van der Waals surface area (Å²) in [4.78, 5) is 7.22. The third-order valence-electron chi connectivity index (χ3n) is 3.15. The van der Waals surface area contributed by atoms with Crippen molar-refractivity contribution in [3.8, 4) is 0 Å². The van der Waals surface area contributed by atoms with Crippen molar-refractivity contribution in [3.63, 3.8) is 0 Å². The van der Waals surface area contributed by atoms with Gasteiger partial charge in [-0.15, -0.1) is 0 Å². The molecule has 1 saturated heterocycles. The average Bonchev–Trinajstić information content (AvgIpc) is 2.43. The predicted molar refractivity (Wildman–Crippen MR) is 70.0 cm³/mol. The minimum Gasteiger partial charge on any atom is -0.314 e. The Labute approximate surface area is 101 Å². The molecule has 1 rings (SSSR count). The molecule has 0 atom stereocenters. The molecule has 1 N–H and O–H groups in total. The summed E-state index contributed by atoms with van der Waals surface area (Å²) in [6, 6.07) is 0. The molecule has 1 aliphatic rings. The molecule has 16 heavy (non-hydrogen) atoms. The second kappa shape index (κ2) is 8.01. The minimum atomic E-state index is 1.10. The fourth-order valence-electron chi connectivity index (χ4n) is 1.99. The molecule has 1 fully saturated rings. The topological polar surface area (TPSA) is 21.8 Å². The SMILES string of the molecule is CN(C)CCNCCN1CCCN(C)CC1. The smallest absolute Gasteiger partial charge is 0.0110 e. The average molecular weight is 228 g/mol. The highest BCUT2D eigenvalue weighted by Crippen LogP contribution is 1.99. The van der Waals surface area contributed by atoms with Crippen molar-refractivity contribution in [1.82, 2.24) is 20.0 Å². The van der Waals surface area contributed by atoms with Crippen LogP contribution in [0.4, 0.5) is 0 Å². The van der Waals surface area contributed by atoms with E-state index in [0.29, 0.717) is 0 Å². The number of hydrogen-bond donors (Lipinski definition) is 1. The Bertz CT molecular complexity index is 172. The van der Waals surface area contributed by atoms with Gasteiger partial charge in [-0.25, -0.2) is 0 Å². The zero-order valence-electron chi connectivity index (χ0n) is 11.2. The summed E-state index contributed by atoms with van der Waals surface area (Å²) < 4.78 is 0. The lowest BCUT2D eigenvalue weighted by Crippen LogP contribution is -2.36. The van der Waals surface area contributed by atoms with Crippen LogP contribution in [0.5, 0.6) is 0 Å². The van der Waals surface area contributed by atoms with Crippen molar-refractivity contribution < 1.29 is 0 Å². The van der Waals surface area contributed by atoms with Crippen molar-refractivity contribution in [3.05, 3.63) is 0 Å². The summed E-state index contributed by atoms with van der Waals surface area (Å²) in [6.45, 7) is 9.51. The largest absolute Gasteiger partial charge is 0.314 e. The maximum Gasteiger partial charge on any atom is 0.0110 e. The van der Waals surface area contributed by atoms with Crippen molar-refractivity contribution >= 4 is 0 Å². The summed E-state index contributed by atoms with van der Waals surface area (Å²) in [5, 5.41) is 3.50. The number of rotatable bonds is 6. The monoisotopic (exact) mass is 228 g/mol. The van der Waals surface area contributed by atoms with E-state index in [1.807, 2.05) is 0 Å². The third kappa shape index (κ3) is 6.43. The Morgan fingerprint density at radius 2 is 1.88 bits per heavy atom. The molecule has 0 amide bonds. The maximum absolute atomic E-state index is 3.50. The van der Waals surface area contributed by atoms with Crippen LogP contribution >= 0.6 is 0 Å². The van der Waals surface area contributed by atoms with E-state index < -0.39 is 0 Å². The molecule has 1 aliphatic heterocycles. The molecule has 96 valence electrons. The molecule has 0 unspecified atom stereocenters. The Morgan fingerprint density at radius 1 is 1.06 bits per heavy atom. The molecule has 0 spiro atoms. The number of nitrogens with zero attached hydrogens (tertiary/aromatic N) is 3. The first kappa shape index (κ1) is 13.9. The van der Waals surface area contributed by atoms with Crippen LogP contribution in [0.2, 0.25) is 0 Å². The van der Waals surface area contributed by atoms with Crippen LogP contribution in [0.25, 0.3) is 0 Å². The van der Waals surface area contributed by atoms with E-state index in [9.17, 15) is 0 Å². The fourth-order valence-corrected chi connectivity index (χ4v) is 1.99. The summed E-state index contributed by atoms with van der Waals surface area (Å²) in [5.41, 5.74) is 0. The zero-order valence-corrected chi connectivity index (χ0v) is 11.2. The zero-order chi connectivity index (χ0) is 11.8. The Hall–Kier alpha value is -0.160. The highest BCUT2D eigenvalue weighted by atomic mass is 15.2. The van der Waals surface area contributed by atoms with Gasteiger partial charge < -0.3 is 20.0 Å². The lowest BCUT2D eigenvalue weighted by molar-refractivity contribution is 0.274. The molecule has 0 bridgehead atoms. The first-order valence-corrected chi connectivity index (χ1v) is 6.45. The number of likely N-dealkylation sites (N-methyl/N-ethyl adjacent to an activating group) is 2. The third-order valence-corrected chi connectivity index (χ3v) is 3.15. The van der Waals surface area contributed by atoms with E-state index in [0.717, 1.165) is 19.6 Å². The van der Waals surface area contributed by atoms with Gasteiger partial charge in [0.15, 0.2) is 0 Å². The van der Waals surface area contributed by atoms with Gasteiger partial charge in [0.05, 0.1) is 0 Å². The van der Waals surface area contributed by atoms with E-state index in [4.69, 9.17) is 0 Å². The van der Waals surface area contributed by atoms with Gasteiger partial charge in [0, 0.05) is 39.3 Å². The molecule has 0 aromatic carbocycles. The molecular formula is C12H28N4. The van der Waals surface area contributed by atoms with Gasteiger partial charge in [0.2, 0.25) is 0 Å². The van der Waals surface area contributed by atoms with Crippen LogP contribution in [0.3, 0.4) is 0 Å². The highest BCUT2D eigenvalue weighted by Gasteiger charge is 2.10.